The zero-order valence-corrected chi connectivity index (χ0v) is 18.0. The maximum Gasteiger partial charge on any atom is 0.259 e. The highest BCUT2D eigenvalue weighted by atomic mass is 19.1. The topological polar surface area (TPSA) is 97.4 Å². The predicted octanol–water partition coefficient (Wildman–Crippen LogP) is 3.93. The fourth-order valence-electron chi connectivity index (χ4n) is 4.07. The molecule has 8 nitrogen and oxygen atoms in total. The molecule has 2 atom stereocenters. The lowest BCUT2D eigenvalue weighted by atomic mass is 9.89. The summed E-state index contributed by atoms with van der Waals surface area (Å²) in [5.74, 6) is 0.637. The second-order valence-electron chi connectivity index (χ2n) is 8.46. The number of benzene rings is 1. The van der Waals surface area contributed by atoms with E-state index in [2.05, 4.69) is 39.7 Å². The Balaban J connectivity index is 1.42. The summed E-state index contributed by atoms with van der Waals surface area (Å²) in [7, 11) is 0. The molecule has 2 N–H and O–H groups in total. The molecule has 3 aromatic heterocycles. The van der Waals surface area contributed by atoms with E-state index in [4.69, 9.17) is 4.52 Å². The number of hydrogen-bond donors (Lipinski definition) is 2. The molecule has 0 radical (unpaired) electrons. The Morgan fingerprint density at radius 3 is 2.97 bits per heavy atom. The zero-order chi connectivity index (χ0) is 22.5. The van der Waals surface area contributed by atoms with Crippen LogP contribution >= 0.6 is 0 Å². The number of pyridine rings is 1. The number of aryl methyl sites for hydroxylation is 1. The Morgan fingerprint density at radius 1 is 1.34 bits per heavy atom. The van der Waals surface area contributed by atoms with Gasteiger partial charge in [-0.1, -0.05) is 24.2 Å². The average molecular weight is 434 g/mol. The number of carbonyl (C=O) groups excluding carboxylic acids is 1. The van der Waals surface area contributed by atoms with Gasteiger partial charge in [0.2, 0.25) is 11.7 Å². The molecule has 4 aromatic rings. The largest absolute Gasteiger partial charge is 0.337 e. The minimum atomic E-state index is -0.424. The molecule has 0 bridgehead atoms. The van der Waals surface area contributed by atoms with Crippen LogP contribution in [0, 0.1) is 18.7 Å². The zero-order valence-electron chi connectivity index (χ0n) is 18.0. The van der Waals surface area contributed by atoms with E-state index < -0.39 is 5.82 Å². The van der Waals surface area contributed by atoms with Gasteiger partial charge in [0.05, 0.1) is 29.0 Å². The van der Waals surface area contributed by atoms with Crippen LogP contribution < -0.4 is 10.6 Å². The smallest absolute Gasteiger partial charge is 0.259 e. The van der Waals surface area contributed by atoms with Gasteiger partial charge in [0.1, 0.15) is 5.82 Å². The molecule has 1 aliphatic rings. The van der Waals surface area contributed by atoms with Gasteiger partial charge in [0.15, 0.2) is 0 Å². The summed E-state index contributed by atoms with van der Waals surface area (Å²) in [6.45, 7) is 7.05. The monoisotopic (exact) mass is 434 g/mol. The van der Waals surface area contributed by atoms with Gasteiger partial charge in [-0.3, -0.25) is 4.79 Å². The van der Waals surface area contributed by atoms with E-state index in [1.54, 1.807) is 0 Å². The first-order valence-corrected chi connectivity index (χ1v) is 10.5. The van der Waals surface area contributed by atoms with Crippen LogP contribution in [-0.2, 0) is 5.54 Å². The first kappa shape index (κ1) is 20.3. The van der Waals surface area contributed by atoms with Gasteiger partial charge in [-0.25, -0.2) is 8.91 Å². The number of nitrogens with zero attached hydrogens (tertiary/aromatic N) is 4. The molecule has 1 unspecified atom stereocenters. The van der Waals surface area contributed by atoms with Crippen LogP contribution in [0.4, 0.5) is 10.1 Å². The summed E-state index contributed by atoms with van der Waals surface area (Å²) in [6.07, 6.45) is 3.70. The van der Waals surface area contributed by atoms with Crippen LogP contribution in [0.3, 0.4) is 0 Å². The van der Waals surface area contributed by atoms with Crippen molar-refractivity contribution >= 4 is 17.1 Å². The summed E-state index contributed by atoms with van der Waals surface area (Å²) in [5, 5.41) is 14.6. The lowest BCUT2D eigenvalue weighted by Crippen LogP contribution is -2.38. The molecule has 5 rings (SSSR count). The standard InChI is InChI=1S/C23H23FN6O2/c1-13-4-5-15(20-28-22(32-29-20)23(3)14(2)8-9-25-23)10-18(13)27-21(31)17-11-26-30-12-16(24)6-7-19(17)30/h4-7,10-12,14,25H,8-9H2,1-3H3,(H,27,31)/t14?,23-/m0/s1. The lowest BCUT2D eigenvalue weighted by Gasteiger charge is -2.24. The van der Waals surface area contributed by atoms with Crippen molar-refractivity contribution in [3.63, 3.8) is 0 Å². The van der Waals surface area contributed by atoms with Crippen molar-refractivity contribution in [2.24, 2.45) is 5.92 Å². The van der Waals surface area contributed by atoms with Crippen molar-refractivity contribution < 1.29 is 13.7 Å². The van der Waals surface area contributed by atoms with E-state index in [9.17, 15) is 9.18 Å². The number of hydrogen-bond acceptors (Lipinski definition) is 6. The number of halogens is 1. The molecular weight excluding hydrogens is 411 g/mol. The number of aromatic nitrogens is 4. The van der Waals surface area contributed by atoms with Crippen LogP contribution in [0.2, 0.25) is 0 Å². The molecule has 1 fully saturated rings. The van der Waals surface area contributed by atoms with Gasteiger partial charge >= 0.3 is 0 Å². The fraction of sp³-hybridized carbons (Fsp3) is 0.304. The van der Waals surface area contributed by atoms with Gasteiger partial charge < -0.3 is 15.2 Å². The molecule has 0 spiro atoms. The average Bonchev–Trinajstić information content (AvgIpc) is 3.49. The predicted molar refractivity (Wildman–Crippen MR) is 117 cm³/mol. The summed E-state index contributed by atoms with van der Waals surface area (Å²) >= 11 is 0. The summed E-state index contributed by atoms with van der Waals surface area (Å²) in [5.41, 5.74) is 2.76. The van der Waals surface area contributed by atoms with Crippen LogP contribution in [0.5, 0.6) is 0 Å². The highest BCUT2D eigenvalue weighted by molar-refractivity contribution is 6.09. The van der Waals surface area contributed by atoms with E-state index in [1.807, 2.05) is 25.1 Å². The van der Waals surface area contributed by atoms with Gasteiger partial charge in [0.25, 0.3) is 5.91 Å². The molecular formula is C23H23FN6O2. The number of amides is 1. The Kier molecular flexibility index (Phi) is 4.78. The van der Waals surface area contributed by atoms with Gasteiger partial charge in [0, 0.05) is 11.3 Å². The molecule has 1 saturated heterocycles. The molecule has 164 valence electrons. The van der Waals surface area contributed by atoms with E-state index in [-0.39, 0.29) is 11.4 Å². The van der Waals surface area contributed by atoms with E-state index in [1.165, 1.54) is 29.0 Å². The van der Waals surface area contributed by atoms with Crippen LogP contribution in [-0.4, -0.2) is 32.2 Å². The first-order chi connectivity index (χ1) is 15.3. The molecule has 1 aromatic carbocycles. The maximum absolute atomic E-state index is 13.4. The van der Waals surface area contributed by atoms with Crippen molar-refractivity contribution in [2.75, 3.05) is 11.9 Å². The number of rotatable bonds is 4. The SMILES string of the molecule is Cc1ccc(-c2noc([C@@]3(C)NCCC3C)n2)cc1NC(=O)c1cnn2cc(F)ccc12. The van der Waals surface area contributed by atoms with Crippen LogP contribution in [0.15, 0.2) is 47.2 Å². The quantitative estimate of drug-likeness (QED) is 0.505. The van der Waals surface area contributed by atoms with Gasteiger partial charge in [-0.15, -0.1) is 0 Å². The Bertz CT molecular complexity index is 1330. The van der Waals surface area contributed by atoms with Crippen molar-refractivity contribution in [3.8, 4) is 11.4 Å². The third-order valence-corrected chi connectivity index (χ3v) is 6.39. The second kappa shape index (κ2) is 7.52. The van der Waals surface area contributed by atoms with Crippen molar-refractivity contribution in [3.05, 3.63) is 65.6 Å². The maximum atomic E-state index is 13.4. The van der Waals surface area contributed by atoms with Crippen molar-refractivity contribution in [1.82, 2.24) is 25.1 Å². The fourth-order valence-corrected chi connectivity index (χ4v) is 4.07. The number of carbonyl (C=O) groups is 1. The Hall–Kier alpha value is -3.59. The lowest BCUT2D eigenvalue weighted by molar-refractivity contribution is 0.102. The molecule has 4 heterocycles. The molecule has 1 aliphatic heterocycles. The summed E-state index contributed by atoms with van der Waals surface area (Å²) in [6, 6.07) is 8.44. The molecule has 0 saturated carbocycles. The number of fused-ring (bicyclic) bond motifs is 1. The second-order valence-corrected chi connectivity index (χ2v) is 8.46. The van der Waals surface area contributed by atoms with Crippen molar-refractivity contribution in [2.45, 2.75) is 32.7 Å². The summed E-state index contributed by atoms with van der Waals surface area (Å²) in [4.78, 5) is 17.5. The molecule has 9 heteroatoms. The Labute approximate surface area is 183 Å². The third-order valence-electron chi connectivity index (χ3n) is 6.39. The Morgan fingerprint density at radius 2 is 2.19 bits per heavy atom. The highest BCUT2D eigenvalue weighted by Crippen LogP contribution is 2.35. The number of nitrogens with one attached hydrogen (secondary N) is 2. The molecule has 0 aliphatic carbocycles. The summed E-state index contributed by atoms with van der Waals surface area (Å²) < 4.78 is 20.3. The van der Waals surface area contributed by atoms with E-state index in [0.29, 0.717) is 34.4 Å². The molecule has 1 amide bonds. The van der Waals surface area contributed by atoms with Crippen LogP contribution in [0.1, 0.15) is 42.1 Å². The minimum Gasteiger partial charge on any atom is -0.337 e. The highest BCUT2D eigenvalue weighted by Gasteiger charge is 2.42. The van der Waals surface area contributed by atoms with E-state index >= 15 is 0 Å². The van der Waals surface area contributed by atoms with Gasteiger partial charge in [-0.05, 0) is 56.5 Å². The molecule has 32 heavy (non-hydrogen) atoms. The first-order valence-electron chi connectivity index (χ1n) is 10.5. The van der Waals surface area contributed by atoms with Gasteiger partial charge in [-0.2, -0.15) is 10.1 Å². The van der Waals surface area contributed by atoms with E-state index in [0.717, 1.165) is 24.1 Å². The number of anilines is 1. The minimum absolute atomic E-state index is 0.336. The van der Waals surface area contributed by atoms with Crippen LogP contribution in [0.25, 0.3) is 16.9 Å². The normalized spacial score (nSPS) is 20.7. The third kappa shape index (κ3) is 3.34. The van der Waals surface area contributed by atoms with Crippen molar-refractivity contribution in [1.29, 1.82) is 0 Å².